The van der Waals surface area contributed by atoms with Gasteiger partial charge in [0, 0.05) is 11.6 Å². The molecule has 0 amide bonds. The van der Waals surface area contributed by atoms with Crippen LogP contribution in [0.25, 0.3) is 10.9 Å². The summed E-state index contributed by atoms with van der Waals surface area (Å²) in [7, 11) is 3.26. The lowest BCUT2D eigenvalue weighted by atomic mass is 10.0. The van der Waals surface area contributed by atoms with Gasteiger partial charge in [0.15, 0.2) is 5.82 Å². The van der Waals surface area contributed by atoms with Crippen LogP contribution in [0.1, 0.15) is 42.3 Å². The summed E-state index contributed by atoms with van der Waals surface area (Å²) in [6.45, 7) is 2.28. The first kappa shape index (κ1) is 22.1. The molecule has 176 valence electrons. The van der Waals surface area contributed by atoms with Gasteiger partial charge in [-0.2, -0.15) is 0 Å². The maximum absolute atomic E-state index is 13.3. The molecule has 9 heteroatoms. The summed E-state index contributed by atoms with van der Waals surface area (Å²) in [5, 5.41) is 13.6. The predicted octanol–water partition coefficient (Wildman–Crippen LogP) is 3.16. The van der Waals surface area contributed by atoms with Crippen molar-refractivity contribution in [2.75, 3.05) is 27.3 Å². The minimum absolute atomic E-state index is 0.143. The van der Waals surface area contributed by atoms with E-state index in [4.69, 9.17) is 9.47 Å². The van der Waals surface area contributed by atoms with Crippen molar-refractivity contribution in [3.05, 3.63) is 75.8 Å². The molecule has 1 atom stereocenters. The molecule has 0 spiro atoms. The molecule has 2 aromatic heterocycles. The number of aromatic amines is 1. The fourth-order valence-corrected chi connectivity index (χ4v) is 4.63. The maximum Gasteiger partial charge on any atom is 0.253 e. The standard InChI is InChI=1S/C25H28N6O3/c1-33-19-9-6-17(7-10-19)16-31-24(27-28-29-31)23(30-12-4-3-5-13-30)21-14-18-8-11-20(34-2)15-22(18)26-25(21)32/h6-11,14-15,23H,3-5,12-13,16H2,1-2H3,(H,26,32)/t23-/m1/s1. The number of nitrogens with zero attached hydrogens (tertiary/aromatic N) is 5. The van der Waals surface area contributed by atoms with Crippen molar-refractivity contribution in [3.8, 4) is 11.5 Å². The van der Waals surface area contributed by atoms with Crippen LogP contribution in [0.2, 0.25) is 0 Å². The second-order valence-electron chi connectivity index (χ2n) is 8.55. The van der Waals surface area contributed by atoms with Crippen molar-refractivity contribution in [1.29, 1.82) is 0 Å². The van der Waals surface area contributed by atoms with Gasteiger partial charge in [-0.25, -0.2) is 4.68 Å². The lowest BCUT2D eigenvalue weighted by Gasteiger charge is -2.33. The van der Waals surface area contributed by atoms with E-state index in [-0.39, 0.29) is 11.6 Å². The zero-order valence-corrected chi connectivity index (χ0v) is 19.4. The first-order valence-electron chi connectivity index (χ1n) is 11.5. The zero-order chi connectivity index (χ0) is 23.5. The highest BCUT2D eigenvalue weighted by molar-refractivity contribution is 5.80. The monoisotopic (exact) mass is 460 g/mol. The average Bonchev–Trinajstić information content (AvgIpc) is 3.33. The van der Waals surface area contributed by atoms with Crippen LogP contribution < -0.4 is 15.0 Å². The molecule has 9 nitrogen and oxygen atoms in total. The molecule has 1 saturated heterocycles. The van der Waals surface area contributed by atoms with Crippen LogP contribution in [0.4, 0.5) is 0 Å². The summed E-state index contributed by atoms with van der Waals surface area (Å²) in [4.78, 5) is 18.7. The van der Waals surface area contributed by atoms with Crippen LogP contribution in [-0.4, -0.2) is 57.4 Å². The molecule has 0 saturated carbocycles. The normalized spacial score (nSPS) is 15.4. The quantitative estimate of drug-likeness (QED) is 0.452. The third-order valence-corrected chi connectivity index (χ3v) is 6.43. The van der Waals surface area contributed by atoms with Crippen LogP contribution in [0.3, 0.4) is 0 Å². The van der Waals surface area contributed by atoms with E-state index in [9.17, 15) is 4.79 Å². The van der Waals surface area contributed by atoms with Gasteiger partial charge in [-0.15, -0.1) is 5.10 Å². The van der Waals surface area contributed by atoms with E-state index in [2.05, 4.69) is 25.4 Å². The van der Waals surface area contributed by atoms with E-state index in [1.54, 1.807) is 18.9 Å². The third-order valence-electron chi connectivity index (χ3n) is 6.43. The van der Waals surface area contributed by atoms with E-state index in [0.717, 1.165) is 48.1 Å². The molecule has 4 aromatic rings. The Balaban J connectivity index is 1.57. The number of tetrazole rings is 1. The summed E-state index contributed by atoms with van der Waals surface area (Å²) in [6.07, 6.45) is 3.35. The lowest BCUT2D eigenvalue weighted by molar-refractivity contribution is 0.177. The molecular weight excluding hydrogens is 432 g/mol. The maximum atomic E-state index is 13.3. The minimum atomic E-state index is -0.344. The summed E-state index contributed by atoms with van der Waals surface area (Å²) in [5.74, 6) is 2.16. The Morgan fingerprint density at radius 2 is 1.71 bits per heavy atom. The Morgan fingerprint density at radius 3 is 2.44 bits per heavy atom. The summed E-state index contributed by atoms with van der Waals surface area (Å²) < 4.78 is 12.4. The number of rotatable bonds is 7. The van der Waals surface area contributed by atoms with Crippen LogP contribution in [-0.2, 0) is 6.54 Å². The van der Waals surface area contributed by atoms with Gasteiger partial charge in [-0.3, -0.25) is 9.69 Å². The van der Waals surface area contributed by atoms with Crippen molar-refractivity contribution < 1.29 is 9.47 Å². The van der Waals surface area contributed by atoms with Crippen molar-refractivity contribution in [3.63, 3.8) is 0 Å². The molecule has 0 radical (unpaired) electrons. The zero-order valence-electron chi connectivity index (χ0n) is 19.4. The number of benzene rings is 2. The Labute approximate surface area is 197 Å². The summed E-state index contributed by atoms with van der Waals surface area (Å²) in [5.41, 5.74) is 2.29. The lowest BCUT2D eigenvalue weighted by Crippen LogP contribution is -2.38. The van der Waals surface area contributed by atoms with E-state index < -0.39 is 0 Å². The largest absolute Gasteiger partial charge is 0.497 e. The van der Waals surface area contributed by atoms with Crippen LogP contribution >= 0.6 is 0 Å². The van der Waals surface area contributed by atoms with Gasteiger partial charge in [-0.1, -0.05) is 18.6 Å². The van der Waals surface area contributed by atoms with Crippen molar-refractivity contribution in [2.45, 2.75) is 31.8 Å². The number of nitrogens with one attached hydrogen (secondary N) is 1. The highest BCUT2D eigenvalue weighted by atomic mass is 16.5. The highest BCUT2D eigenvalue weighted by Crippen LogP contribution is 2.30. The fraction of sp³-hybridized carbons (Fsp3) is 0.360. The number of hydrogen-bond donors (Lipinski definition) is 1. The number of hydrogen-bond acceptors (Lipinski definition) is 7. The number of fused-ring (bicyclic) bond motifs is 1. The highest BCUT2D eigenvalue weighted by Gasteiger charge is 2.31. The molecular formula is C25H28N6O3. The topological polar surface area (TPSA) is 98.2 Å². The second kappa shape index (κ2) is 9.64. The molecule has 0 unspecified atom stereocenters. The molecule has 1 aliphatic heterocycles. The minimum Gasteiger partial charge on any atom is -0.497 e. The molecule has 0 bridgehead atoms. The van der Waals surface area contributed by atoms with Gasteiger partial charge in [0.25, 0.3) is 5.56 Å². The molecule has 5 rings (SSSR count). The number of piperidine rings is 1. The Morgan fingerprint density at radius 1 is 0.971 bits per heavy atom. The first-order valence-corrected chi connectivity index (χ1v) is 11.5. The number of ether oxygens (including phenoxy) is 2. The Hall–Kier alpha value is -3.72. The molecule has 2 aromatic carbocycles. The summed E-state index contributed by atoms with van der Waals surface area (Å²) >= 11 is 0. The van der Waals surface area contributed by atoms with Gasteiger partial charge in [0.05, 0.1) is 26.3 Å². The molecule has 0 aliphatic carbocycles. The Bertz CT molecular complexity index is 1320. The Kier molecular flexibility index (Phi) is 6.27. The van der Waals surface area contributed by atoms with Gasteiger partial charge in [0.2, 0.25) is 0 Å². The SMILES string of the molecule is COc1ccc(Cn2nnnc2[C@@H](c2cc3ccc(OC)cc3[nH]c2=O)N2CCCCC2)cc1. The molecule has 3 heterocycles. The van der Waals surface area contributed by atoms with Crippen molar-refractivity contribution in [1.82, 2.24) is 30.1 Å². The van der Waals surface area contributed by atoms with E-state index in [0.29, 0.717) is 23.7 Å². The smallest absolute Gasteiger partial charge is 0.253 e. The second-order valence-corrected chi connectivity index (χ2v) is 8.55. The van der Waals surface area contributed by atoms with E-state index in [1.165, 1.54) is 6.42 Å². The van der Waals surface area contributed by atoms with Crippen molar-refractivity contribution in [2.24, 2.45) is 0 Å². The van der Waals surface area contributed by atoms with Gasteiger partial charge in [-0.05, 0) is 77.6 Å². The van der Waals surface area contributed by atoms with E-state index in [1.807, 2.05) is 48.5 Å². The molecule has 34 heavy (non-hydrogen) atoms. The van der Waals surface area contributed by atoms with Gasteiger partial charge < -0.3 is 14.5 Å². The molecule has 1 fully saturated rings. The first-order chi connectivity index (χ1) is 16.7. The van der Waals surface area contributed by atoms with Gasteiger partial charge in [0.1, 0.15) is 17.5 Å². The summed E-state index contributed by atoms with van der Waals surface area (Å²) in [6, 6.07) is 15.1. The third kappa shape index (κ3) is 4.38. The average molecular weight is 461 g/mol. The van der Waals surface area contributed by atoms with Crippen LogP contribution in [0.5, 0.6) is 11.5 Å². The predicted molar refractivity (Wildman–Crippen MR) is 128 cm³/mol. The van der Waals surface area contributed by atoms with Crippen molar-refractivity contribution >= 4 is 10.9 Å². The number of pyridine rings is 1. The van der Waals surface area contributed by atoms with Gasteiger partial charge >= 0.3 is 0 Å². The van der Waals surface area contributed by atoms with E-state index >= 15 is 0 Å². The van der Waals surface area contributed by atoms with Crippen LogP contribution in [0.15, 0.2) is 53.3 Å². The fourth-order valence-electron chi connectivity index (χ4n) is 4.63. The number of likely N-dealkylation sites (tertiary alicyclic amines) is 1. The molecule has 1 aliphatic rings. The number of methoxy groups -OCH3 is 2. The van der Waals surface area contributed by atoms with Crippen LogP contribution in [0, 0.1) is 0 Å². The number of H-pyrrole nitrogens is 1. The molecule has 1 N–H and O–H groups in total. The number of aromatic nitrogens is 5.